The lowest BCUT2D eigenvalue weighted by Gasteiger charge is -2.41. The number of pyridine rings is 1. The number of H-pyrrole nitrogens is 1. The number of hydrogen-bond acceptors (Lipinski definition) is 3. The molecule has 0 radical (unpaired) electrons. The molecule has 5 nitrogen and oxygen atoms in total. The number of aromatic nitrogens is 1. The van der Waals surface area contributed by atoms with Crippen molar-refractivity contribution in [1.82, 2.24) is 9.88 Å². The second kappa shape index (κ2) is 6.51. The van der Waals surface area contributed by atoms with E-state index in [0.717, 1.165) is 12.8 Å². The van der Waals surface area contributed by atoms with Crippen LogP contribution in [0, 0.1) is 0 Å². The van der Waals surface area contributed by atoms with Gasteiger partial charge in [-0.1, -0.05) is 37.3 Å². The quantitative estimate of drug-likeness (QED) is 0.943. The molecule has 5 heteroatoms. The maximum atomic E-state index is 12.8. The first-order valence-electron chi connectivity index (χ1n) is 8.15. The van der Waals surface area contributed by atoms with Crippen molar-refractivity contribution in [3.63, 3.8) is 0 Å². The summed E-state index contributed by atoms with van der Waals surface area (Å²) in [4.78, 5) is 29.4. The number of benzene rings is 1. The van der Waals surface area contributed by atoms with Crippen molar-refractivity contribution in [1.29, 1.82) is 0 Å². The van der Waals surface area contributed by atoms with Crippen molar-refractivity contribution < 1.29 is 9.53 Å². The molecule has 2 aromatic rings. The van der Waals surface area contributed by atoms with Crippen LogP contribution in [-0.4, -0.2) is 36.0 Å². The number of carbonyl (C=O) groups is 1. The van der Waals surface area contributed by atoms with Gasteiger partial charge in [0.2, 0.25) is 5.43 Å². The molecule has 1 N–H and O–H groups in total. The van der Waals surface area contributed by atoms with E-state index in [9.17, 15) is 9.59 Å². The van der Waals surface area contributed by atoms with Gasteiger partial charge in [-0.2, -0.15) is 0 Å². The van der Waals surface area contributed by atoms with E-state index >= 15 is 0 Å². The van der Waals surface area contributed by atoms with Gasteiger partial charge in [0, 0.05) is 30.8 Å². The Hall–Kier alpha value is -2.56. The molecule has 1 aliphatic rings. The van der Waals surface area contributed by atoms with Crippen LogP contribution in [0.1, 0.15) is 35.8 Å². The van der Waals surface area contributed by atoms with Gasteiger partial charge in [0.15, 0.2) is 5.75 Å². The molecule has 0 bridgehead atoms. The Morgan fingerprint density at radius 2 is 2.04 bits per heavy atom. The predicted octanol–water partition coefficient (Wildman–Crippen LogP) is 2.58. The fourth-order valence-corrected chi connectivity index (χ4v) is 3.40. The number of methoxy groups -OCH3 is 1. The summed E-state index contributed by atoms with van der Waals surface area (Å²) in [5, 5.41) is 0. The van der Waals surface area contributed by atoms with Gasteiger partial charge in [-0.05, 0) is 18.4 Å². The molecular weight excluding hydrogens is 304 g/mol. The van der Waals surface area contributed by atoms with E-state index in [1.807, 2.05) is 23.1 Å². The van der Waals surface area contributed by atoms with Crippen LogP contribution < -0.4 is 10.2 Å². The molecule has 1 atom stereocenters. The van der Waals surface area contributed by atoms with E-state index in [2.05, 4.69) is 24.0 Å². The lowest BCUT2D eigenvalue weighted by atomic mass is 9.76. The van der Waals surface area contributed by atoms with Crippen LogP contribution in [0.5, 0.6) is 5.75 Å². The number of ether oxygens (including phenoxy) is 1. The van der Waals surface area contributed by atoms with Gasteiger partial charge in [0.1, 0.15) is 5.69 Å². The molecule has 1 aromatic carbocycles. The highest BCUT2D eigenvalue weighted by Crippen LogP contribution is 2.33. The lowest BCUT2D eigenvalue weighted by molar-refractivity contribution is 0.0645. The average molecular weight is 326 g/mol. The smallest absolute Gasteiger partial charge is 0.270 e. The minimum atomic E-state index is -0.289. The van der Waals surface area contributed by atoms with E-state index in [1.165, 1.54) is 24.9 Å². The summed E-state index contributed by atoms with van der Waals surface area (Å²) in [6, 6.07) is 11.6. The molecule has 0 spiro atoms. The van der Waals surface area contributed by atoms with Gasteiger partial charge in [0.25, 0.3) is 5.91 Å². The van der Waals surface area contributed by atoms with Crippen LogP contribution in [0.2, 0.25) is 0 Å². The van der Waals surface area contributed by atoms with E-state index in [4.69, 9.17) is 4.74 Å². The molecule has 0 unspecified atom stereocenters. The van der Waals surface area contributed by atoms with Gasteiger partial charge in [0.05, 0.1) is 7.11 Å². The molecule has 2 heterocycles. The van der Waals surface area contributed by atoms with Gasteiger partial charge in [-0.3, -0.25) is 9.59 Å². The number of nitrogens with one attached hydrogen (secondary N) is 1. The summed E-state index contributed by atoms with van der Waals surface area (Å²) in [6.45, 7) is 3.54. The molecule has 1 aromatic heterocycles. The monoisotopic (exact) mass is 326 g/mol. The van der Waals surface area contributed by atoms with Crippen LogP contribution in [-0.2, 0) is 5.41 Å². The summed E-state index contributed by atoms with van der Waals surface area (Å²) in [6.07, 6.45) is 3.42. The Morgan fingerprint density at radius 3 is 2.71 bits per heavy atom. The number of piperidine rings is 1. The molecule has 1 aliphatic heterocycles. The highest BCUT2D eigenvalue weighted by Gasteiger charge is 2.35. The van der Waals surface area contributed by atoms with Crippen LogP contribution in [0.15, 0.2) is 47.4 Å². The highest BCUT2D eigenvalue weighted by molar-refractivity contribution is 5.92. The maximum absolute atomic E-state index is 12.8. The first-order chi connectivity index (χ1) is 11.5. The molecular formula is C19H22N2O3. The topological polar surface area (TPSA) is 62.4 Å². The Morgan fingerprint density at radius 1 is 1.29 bits per heavy atom. The number of carbonyl (C=O) groups excluding carboxylic acids is 1. The van der Waals surface area contributed by atoms with E-state index in [0.29, 0.717) is 18.8 Å². The zero-order valence-electron chi connectivity index (χ0n) is 14.0. The highest BCUT2D eigenvalue weighted by atomic mass is 16.5. The van der Waals surface area contributed by atoms with Crippen molar-refractivity contribution >= 4 is 5.91 Å². The Bertz CT molecular complexity index is 785. The molecule has 0 aliphatic carbocycles. The number of aromatic amines is 1. The second-order valence-corrected chi connectivity index (χ2v) is 6.54. The third-order valence-corrected chi connectivity index (χ3v) is 4.78. The normalized spacial score (nSPS) is 20.7. The third-order valence-electron chi connectivity index (χ3n) is 4.78. The van der Waals surface area contributed by atoms with Crippen LogP contribution >= 0.6 is 0 Å². The van der Waals surface area contributed by atoms with Gasteiger partial charge in [-0.15, -0.1) is 0 Å². The summed E-state index contributed by atoms with van der Waals surface area (Å²) in [5.74, 6) is 0.0657. The maximum Gasteiger partial charge on any atom is 0.270 e. The standard InChI is InChI=1S/C19H22N2O3/c1-19(14-7-4-3-5-8-14)9-6-10-21(13-19)18(23)15-11-16(22)17(24-2)12-20-15/h3-5,7-8,11-12H,6,9-10,13H2,1-2H3,(H,20,22)/t19-/m1/s1. The number of nitrogens with zero attached hydrogens (tertiary/aromatic N) is 1. The van der Waals surface area contributed by atoms with E-state index in [1.54, 1.807) is 0 Å². The zero-order chi connectivity index (χ0) is 17.2. The SMILES string of the molecule is COc1c[nH]c(C(=O)N2CCC[C@@](C)(c3ccccc3)C2)cc1=O. The third kappa shape index (κ3) is 3.07. The predicted molar refractivity (Wildman–Crippen MR) is 92.5 cm³/mol. The minimum absolute atomic E-state index is 0.0675. The van der Waals surface area contributed by atoms with Gasteiger partial charge < -0.3 is 14.6 Å². The molecule has 1 fully saturated rings. The number of likely N-dealkylation sites (tertiary alicyclic amines) is 1. The first-order valence-corrected chi connectivity index (χ1v) is 8.15. The summed E-state index contributed by atoms with van der Waals surface area (Å²) in [7, 11) is 1.43. The van der Waals surface area contributed by atoms with Crippen molar-refractivity contribution in [3.8, 4) is 5.75 Å². The Balaban J connectivity index is 1.83. The fraction of sp³-hybridized carbons (Fsp3) is 0.368. The number of hydrogen-bond donors (Lipinski definition) is 1. The molecule has 24 heavy (non-hydrogen) atoms. The largest absolute Gasteiger partial charge is 0.491 e. The van der Waals surface area contributed by atoms with E-state index in [-0.39, 0.29) is 22.5 Å². The number of rotatable bonds is 3. The van der Waals surface area contributed by atoms with Gasteiger partial charge >= 0.3 is 0 Å². The fourth-order valence-electron chi connectivity index (χ4n) is 3.40. The van der Waals surface area contributed by atoms with Crippen molar-refractivity contribution in [2.75, 3.05) is 20.2 Å². The van der Waals surface area contributed by atoms with Gasteiger partial charge in [-0.25, -0.2) is 0 Å². The number of amides is 1. The summed E-state index contributed by atoms with van der Waals surface area (Å²) in [5.41, 5.74) is 1.19. The Labute approximate surface area is 141 Å². The molecule has 0 saturated carbocycles. The lowest BCUT2D eigenvalue weighted by Crippen LogP contribution is -2.47. The Kier molecular flexibility index (Phi) is 4.42. The average Bonchev–Trinajstić information content (AvgIpc) is 2.62. The molecule has 3 rings (SSSR count). The zero-order valence-corrected chi connectivity index (χ0v) is 14.0. The van der Waals surface area contributed by atoms with Crippen molar-refractivity contribution in [2.24, 2.45) is 0 Å². The molecule has 1 saturated heterocycles. The first kappa shape index (κ1) is 16.3. The summed E-state index contributed by atoms with van der Waals surface area (Å²) < 4.78 is 4.95. The van der Waals surface area contributed by atoms with Crippen LogP contribution in [0.4, 0.5) is 0 Å². The van der Waals surface area contributed by atoms with Crippen LogP contribution in [0.25, 0.3) is 0 Å². The molecule has 1 amide bonds. The summed E-state index contributed by atoms with van der Waals surface area (Å²) >= 11 is 0. The van der Waals surface area contributed by atoms with Crippen LogP contribution in [0.3, 0.4) is 0 Å². The second-order valence-electron chi connectivity index (χ2n) is 6.54. The van der Waals surface area contributed by atoms with E-state index < -0.39 is 0 Å². The minimum Gasteiger partial charge on any atom is -0.491 e. The van der Waals surface area contributed by atoms with Crippen molar-refractivity contribution in [3.05, 3.63) is 64.1 Å². The molecule has 126 valence electrons. The van der Waals surface area contributed by atoms with Crippen molar-refractivity contribution in [2.45, 2.75) is 25.2 Å².